The molecule has 0 saturated heterocycles. The largest absolute Gasteiger partial charge is 0.369 e. The lowest BCUT2D eigenvalue weighted by Crippen LogP contribution is -2.47. The third-order valence-corrected chi connectivity index (χ3v) is 5.88. The molecule has 0 aliphatic heterocycles. The molecule has 0 radical (unpaired) electrons. The number of nitrogens with one attached hydrogen (secondary N) is 1. The van der Waals surface area contributed by atoms with E-state index in [1.54, 1.807) is 0 Å². The third-order valence-electron chi connectivity index (χ3n) is 5.88. The van der Waals surface area contributed by atoms with Gasteiger partial charge in [-0.1, -0.05) is 32.6 Å². The number of hydrogen-bond acceptors (Lipinski definition) is 2. The average molecular weight is 337 g/mol. The van der Waals surface area contributed by atoms with Crippen molar-refractivity contribution in [3.63, 3.8) is 0 Å². The highest BCUT2D eigenvalue weighted by Crippen LogP contribution is 2.44. The Kier molecular flexibility index (Phi) is 6.33. The maximum Gasteiger partial charge on any atom is 0.224 e. The van der Waals surface area contributed by atoms with Crippen molar-refractivity contribution in [1.82, 2.24) is 5.32 Å². The Bertz CT molecular complexity index is 449. The van der Waals surface area contributed by atoms with Gasteiger partial charge in [-0.15, -0.1) is 0 Å². The highest BCUT2D eigenvalue weighted by Gasteiger charge is 2.41. The van der Waals surface area contributed by atoms with Gasteiger partial charge < -0.3 is 11.1 Å². The number of primary amides is 1. The zero-order chi connectivity index (χ0) is 17.9. The lowest BCUT2D eigenvalue weighted by Gasteiger charge is -2.29. The summed E-state index contributed by atoms with van der Waals surface area (Å²) in [5.41, 5.74) is 5.46. The second kappa shape index (κ2) is 7.88. The number of carbonyl (C=O) groups is 2. The second-order valence-corrected chi connectivity index (χ2v) is 9.29. The SMILES string of the molecule is CC1CC1CC(C(=O)NC(C)(C)C)[C@H](CCC1CCCC1)C(N)=O. The van der Waals surface area contributed by atoms with Crippen LogP contribution in [-0.4, -0.2) is 17.4 Å². The van der Waals surface area contributed by atoms with Crippen molar-refractivity contribution < 1.29 is 9.59 Å². The maximum absolute atomic E-state index is 12.9. The van der Waals surface area contributed by atoms with Gasteiger partial charge in [0.15, 0.2) is 0 Å². The van der Waals surface area contributed by atoms with Crippen molar-refractivity contribution in [2.45, 2.75) is 84.6 Å². The monoisotopic (exact) mass is 336 g/mol. The molecule has 0 bridgehead atoms. The van der Waals surface area contributed by atoms with E-state index in [9.17, 15) is 9.59 Å². The van der Waals surface area contributed by atoms with Crippen LogP contribution in [0.5, 0.6) is 0 Å². The number of hydrogen-bond donors (Lipinski definition) is 2. The van der Waals surface area contributed by atoms with E-state index >= 15 is 0 Å². The van der Waals surface area contributed by atoms with Crippen LogP contribution in [0.1, 0.15) is 79.1 Å². The fourth-order valence-corrected chi connectivity index (χ4v) is 4.23. The average Bonchev–Trinajstić information content (AvgIpc) is 2.93. The standard InChI is InChI=1S/C20H36N2O2/c1-13-11-15(13)12-17(19(24)22-20(2,3)4)16(18(21)23)10-9-14-7-5-6-8-14/h13-17H,5-12H2,1-4H3,(H2,21,23)(H,22,24)/t13?,15?,16-,17?/m0/s1. The van der Waals surface area contributed by atoms with E-state index in [2.05, 4.69) is 12.2 Å². The molecule has 138 valence electrons. The Morgan fingerprint density at radius 1 is 1.17 bits per heavy atom. The Morgan fingerprint density at radius 3 is 2.21 bits per heavy atom. The van der Waals surface area contributed by atoms with Gasteiger partial charge in [0.25, 0.3) is 0 Å². The normalized spacial score (nSPS) is 26.8. The van der Waals surface area contributed by atoms with Crippen molar-refractivity contribution in [3.8, 4) is 0 Å². The van der Waals surface area contributed by atoms with Crippen LogP contribution in [0.25, 0.3) is 0 Å². The van der Waals surface area contributed by atoms with Gasteiger partial charge in [-0.3, -0.25) is 9.59 Å². The van der Waals surface area contributed by atoms with Gasteiger partial charge in [-0.25, -0.2) is 0 Å². The van der Waals surface area contributed by atoms with E-state index in [1.165, 1.54) is 32.1 Å². The Balaban J connectivity index is 2.04. The van der Waals surface area contributed by atoms with E-state index < -0.39 is 0 Å². The summed E-state index contributed by atoms with van der Waals surface area (Å²) < 4.78 is 0. The summed E-state index contributed by atoms with van der Waals surface area (Å²) in [6.45, 7) is 8.18. The van der Waals surface area contributed by atoms with E-state index in [-0.39, 0.29) is 29.2 Å². The zero-order valence-electron chi connectivity index (χ0n) is 15.9. The molecule has 3 N–H and O–H groups in total. The summed E-state index contributed by atoms with van der Waals surface area (Å²) in [7, 11) is 0. The van der Waals surface area contributed by atoms with Crippen molar-refractivity contribution in [1.29, 1.82) is 0 Å². The molecule has 24 heavy (non-hydrogen) atoms. The van der Waals surface area contributed by atoms with E-state index in [1.807, 2.05) is 20.8 Å². The van der Waals surface area contributed by atoms with Gasteiger partial charge in [0, 0.05) is 17.4 Å². The summed E-state index contributed by atoms with van der Waals surface area (Å²) in [6, 6.07) is 0. The molecular weight excluding hydrogens is 300 g/mol. The minimum Gasteiger partial charge on any atom is -0.369 e. The maximum atomic E-state index is 12.9. The predicted octanol–water partition coefficient (Wildman–Crippen LogP) is 3.64. The molecular formula is C20H36N2O2. The molecule has 0 spiro atoms. The molecule has 0 heterocycles. The molecule has 4 nitrogen and oxygen atoms in total. The van der Waals surface area contributed by atoms with Gasteiger partial charge >= 0.3 is 0 Å². The topological polar surface area (TPSA) is 72.2 Å². The summed E-state index contributed by atoms with van der Waals surface area (Å²) in [5, 5.41) is 3.08. The molecule has 0 aromatic rings. The Hall–Kier alpha value is -1.06. The highest BCUT2D eigenvalue weighted by atomic mass is 16.2. The Labute approximate surface area is 147 Å². The van der Waals surface area contributed by atoms with Crippen molar-refractivity contribution in [2.24, 2.45) is 35.3 Å². The zero-order valence-corrected chi connectivity index (χ0v) is 15.9. The molecule has 0 aromatic carbocycles. The van der Waals surface area contributed by atoms with Crippen molar-refractivity contribution in [3.05, 3.63) is 0 Å². The molecule has 2 saturated carbocycles. The lowest BCUT2D eigenvalue weighted by atomic mass is 9.80. The van der Waals surface area contributed by atoms with Gasteiger partial charge in [0.05, 0.1) is 0 Å². The van der Waals surface area contributed by atoms with Gasteiger partial charge in [-0.2, -0.15) is 0 Å². The van der Waals surface area contributed by atoms with Crippen LogP contribution >= 0.6 is 0 Å². The molecule has 2 amide bonds. The van der Waals surface area contributed by atoms with Crippen LogP contribution in [0.2, 0.25) is 0 Å². The quantitative estimate of drug-likeness (QED) is 0.710. The molecule has 4 atom stereocenters. The second-order valence-electron chi connectivity index (χ2n) is 9.29. The van der Waals surface area contributed by atoms with Crippen LogP contribution < -0.4 is 11.1 Å². The van der Waals surface area contributed by atoms with Crippen molar-refractivity contribution in [2.75, 3.05) is 0 Å². The number of nitrogens with two attached hydrogens (primary N) is 1. The number of rotatable bonds is 8. The lowest BCUT2D eigenvalue weighted by molar-refractivity contribution is -0.135. The summed E-state index contributed by atoms with van der Waals surface area (Å²) >= 11 is 0. The first-order chi connectivity index (χ1) is 11.2. The summed E-state index contributed by atoms with van der Waals surface area (Å²) in [4.78, 5) is 25.0. The summed E-state index contributed by atoms with van der Waals surface area (Å²) in [6.07, 6.45) is 8.93. The molecule has 0 aromatic heterocycles. The first-order valence-electron chi connectivity index (χ1n) is 9.78. The number of carbonyl (C=O) groups excluding carboxylic acids is 2. The summed E-state index contributed by atoms with van der Waals surface area (Å²) in [5.74, 6) is 1.11. The Morgan fingerprint density at radius 2 is 1.75 bits per heavy atom. The van der Waals surface area contributed by atoms with Crippen LogP contribution in [0.3, 0.4) is 0 Å². The van der Waals surface area contributed by atoms with Crippen molar-refractivity contribution >= 4 is 11.8 Å². The molecule has 2 aliphatic rings. The van der Waals surface area contributed by atoms with Crippen LogP contribution in [-0.2, 0) is 9.59 Å². The molecule has 2 rings (SSSR count). The van der Waals surface area contributed by atoms with Gasteiger partial charge in [0.1, 0.15) is 0 Å². The predicted molar refractivity (Wildman–Crippen MR) is 97.2 cm³/mol. The third kappa shape index (κ3) is 5.78. The fraction of sp³-hybridized carbons (Fsp3) is 0.900. The molecule has 2 fully saturated rings. The smallest absolute Gasteiger partial charge is 0.224 e. The first kappa shape index (κ1) is 19.3. The van der Waals surface area contributed by atoms with E-state index in [4.69, 9.17) is 5.73 Å². The van der Waals surface area contributed by atoms with Crippen LogP contribution in [0.15, 0.2) is 0 Å². The van der Waals surface area contributed by atoms with Gasteiger partial charge in [-0.05, 0) is 64.2 Å². The minimum atomic E-state index is -0.319. The molecule has 4 heteroatoms. The van der Waals surface area contributed by atoms with E-state index in [0.29, 0.717) is 11.8 Å². The van der Waals surface area contributed by atoms with Crippen LogP contribution in [0.4, 0.5) is 0 Å². The highest BCUT2D eigenvalue weighted by molar-refractivity contribution is 5.87. The van der Waals surface area contributed by atoms with E-state index in [0.717, 1.165) is 25.2 Å². The first-order valence-corrected chi connectivity index (χ1v) is 9.78. The molecule has 2 aliphatic carbocycles. The fourth-order valence-electron chi connectivity index (χ4n) is 4.23. The molecule has 3 unspecified atom stereocenters. The minimum absolute atomic E-state index is 0.0109. The van der Waals surface area contributed by atoms with Crippen LogP contribution in [0, 0.1) is 29.6 Å². The van der Waals surface area contributed by atoms with Gasteiger partial charge in [0.2, 0.25) is 11.8 Å². The number of amides is 2.